The zero-order valence-electron chi connectivity index (χ0n) is 14.0. The van der Waals surface area contributed by atoms with Crippen molar-refractivity contribution in [3.05, 3.63) is 28.7 Å². The number of amides is 1. The maximum atomic E-state index is 12.3. The van der Waals surface area contributed by atoms with Gasteiger partial charge in [0, 0.05) is 35.3 Å². The molecule has 5 heteroatoms. The van der Waals surface area contributed by atoms with Crippen molar-refractivity contribution in [3.63, 3.8) is 0 Å². The molecular weight excluding hydrogens is 344 g/mol. The minimum Gasteiger partial charge on any atom is -0.444 e. The van der Waals surface area contributed by atoms with E-state index in [0.29, 0.717) is 13.1 Å². The Balaban J connectivity index is 2.11. The highest BCUT2D eigenvalue weighted by Crippen LogP contribution is 2.27. The topological polar surface area (TPSA) is 32.8 Å². The van der Waals surface area contributed by atoms with Crippen LogP contribution in [0.2, 0.25) is 0 Å². The number of rotatable bonds is 1. The third-order valence-corrected chi connectivity index (χ3v) is 4.17. The molecule has 0 bridgehead atoms. The molecule has 1 saturated heterocycles. The Hall–Kier alpha value is -1.23. The second kappa shape index (κ2) is 6.49. The third-order valence-electron chi connectivity index (χ3n) is 3.68. The molecule has 0 spiro atoms. The number of anilines is 1. The average molecular weight is 369 g/mol. The quantitative estimate of drug-likeness (QED) is 0.741. The van der Waals surface area contributed by atoms with Gasteiger partial charge < -0.3 is 14.5 Å². The van der Waals surface area contributed by atoms with Gasteiger partial charge in [0.1, 0.15) is 5.60 Å². The highest BCUT2D eigenvalue weighted by atomic mass is 79.9. The first-order valence-corrected chi connectivity index (χ1v) is 8.48. The number of carbonyl (C=O) groups excluding carboxylic acids is 1. The van der Waals surface area contributed by atoms with Crippen LogP contribution in [-0.2, 0) is 4.74 Å². The molecule has 1 fully saturated rings. The molecule has 0 radical (unpaired) electrons. The predicted octanol–water partition coefficient (Wildman–Crippen LogP) is 4.28. The smallest absolute Gasteiger partial charge is 0.410 e. The van der Waals surface area contributed by atoms with Crippen molar-refractivity contribution in [3.8, 4) is 0 Å². The van der Waals surface area contributed by atoms with Crippen molar-refractivity contribution in [2.45, 2.75) is 52.3 Å². The van der Waals surface area contributed by atoms with Gasteiger partial charge in [0.25, 0.3) is 0 Å². The van der Waals surface area contributed by atoms with Crippen LogP contribution in [0.4, 0.5) is 10.5 Å². The zero-order chi connectivity index (χ0) is 16.5. The van der Waals surface area contributed by atoms with E-state index in [0.717, 1.165) is 4.47 Å². The molecule has 4 nitrogen and oxygen atoms in total. The second-order valence-electron chi connectivity index (χ2n) is 6.97. The first kappa shape index (κ1) is 17.1. The number of carbonyl (C=O) groups is 1. The third kappa shape index (κ3) is 4.15. The lowest BCUT2D eigenvalue weighted by Gasteiger charge is -2.45. The van der Waals surface area contributed by atoms with E-state index in [-0.39, 0.29) is 18.2 Å². The van der Waals surface area contributed by atoms with E-state index in [2.05, 4.69) is 46.8 Å². The first-order chi connectivity index (χ1) is 10.2. The van der Waals surface area contributed by atoms with Gasteiger partial charge >= 0.3 is 6.09 Å². The highest BCUT2D eigenvalue weighted by molar-refractivity contribution is 9.10. The number of ether oxygens (including phenoxy) is 1. The molecule has 1 aromatic rings. The number of halogens is 1. The predicted molar refractivity (Wildman–Crippen MR) is 93.4 cm³/mol. The summed E-state index contributed by atoms with van der Waals surface area (Å²) >= 11 is 3.53. The van der Waals surface area contributed by atoms with Crippen LogP contribution >= 0.6 is 15.9 Å². The van der Waals surface area contributed by atoms with Crippen LogP contribution < -0.4 is 4.90 Å². The molecule has 0 saturated carbocycles. The van der Waals surface area contributed by atoms with Gasteiger partial charge in [-0.1, -0.05) is 22.0 Å². The SMILES string of the molecule is C[C@@H]1CN(C(=O)OC(C)(C)C)C[C@H](C)N1c1cccc(Br)c1. The number of benzene rings is 1. The fraction of sp³-hybridized carbons (Fsp3) is 0.588. The van der Waals surface area contributed by atoms with Crippen LogP contribution in [0.3, 0.4) is 0 Å². The van der Waals surface area contributed by atoms with E-state index in [9.17, 15) is 4.79 Å². The van der Waals surface area contributed by atoms with E-state index in [1.807, 2.05) is 37.8 Å². The van der Waals surface area contributed by atoms with Crippen molar-refractivity contribution >= 4 is 27.7 Å². The summed E-state index contributed by atoms with van der Waals surface area (Å²) in [4.78, 5) is 16.5. The second-order valence-corrected chi connectivity index (χ2v) is 7.89. The molecule has 1 aliphatic rings. The average Bonchev–Trinajstić information content (AvgIpc) is 2.35. The number of hydrogen-bond donors (Lipinski definition) is 0. The molecule has 22 heavy (non-hydrogen) atoms. The summed E-state index contributed by atoms with van der Waals surface area (Å²) in [6.45, 7) is 11.3. The van der Waals surface area contributed by atoms with Gasteiger partial charge in [-0.25, -0.2) is 4.79 Å². The lowest BCUT2D eigenvalue weighted by atomic mass is 10.1. The van der Waals surface area contributed by atoms with Crippen LogP contribution in [0.25, 0.3) is 0 Å². The van der Waals surface area contributed by atoms with Crippen molar-refractivity contribution in [1.82, 2.24) is 4.90 Å². The fourth-order valence-electron chi connectivity index (χ4n) is 2.94. The fourth-order valence-corrected chi connectivity index (χ4v) is 3.33. The normalized spacial score (nSPS) is 22.6. The largest absolute Gasteiger partial charge is 0.444 e. The molecule has 122 valence electrons. The molecule has 0 unspecified atom stereocenters. The lowest BCUT2D eigenvalue weighted by Crippen LogP contribution is -2.58. The van der Waals surface area contributed by atoms with Crippen LogP contribution in [0.1, 0.15) is 34.6 Å². The summed E-state index contributed by atoms with van der Waals surface area (Å²) in [5, 5.41) is 0. The lowest BCUT2D eigenvalue weighted by molar-refractivity contribution is 0.0193. The maximum Gasteiger partial charge on any atom is 0.410 e. The van der Waals surface area contributed by atoms with Gasteiger partial charge in [-0.15, -0.1) is 0 Å². The highest BCUT2D eigenvalue weighted by Gasteiger charge is 2.34. The monoisotopic (exact) mass is 368 g/mol. The first-order valence-electron chi connectivity index (χ1n) is 7.69. The van der Waals surface area contributed by atoms with Gasteiger partial charge in [-0.2, -0.15) is 0 Å². The molecule has 0 aliphatic carbocycles. The number of hydrogen-bond acceptors (Lipinski definition) is 3. The molecule has 2 rings (SSSR count). The summed E-state index contributed by atoms with van der Waals surface area (Å²) in [6, 6.07) is 8.78. The van der Waals surface area contributed by atoms with Gasteiger partial charge in [0.05, 0.1) is 0 Å². The van der Waals surface area contributed by atoms with Crippen LogP contribution in [0.5, 0.6) is 0 Å². The number of nitrogens with zero attached hydrogens (tertiary/aromatic N) is 2. The zero-order valence-corrected chi connectivity index (χ0v) is 15.6. The molecule has 1 heterocycles. The molecule has 1 aliphatic heterocycles. The Morgan fingerprint density at radius 2 is 1.82 bits per heavy atom. The molecule has 1 amide bonds. The maximum absolute atomic E-state index is 12.3. The summed E-state index contributed by atoms with van der Waals surface area (Å²) in [7, 11) is 0. The Bertz CT molecular complexity index is 530. The van der Waals surface area contributed by atoms with Crippen LogP contribution in [-0.4, -0.2) is 41.8 Å². The Morgan fingerprint density at radius 1 is 1.23 bits per heavy atom. The molecule has 0 N–H and O–H groups in total. The van der Waals surface area contributed by atoms with Gasteiger partial charge in [-0.3, -0.25) is 0 Å². The Morgan fingerprint density at radius 3 is 2.32 bits per heavy atom. The van der Waals surface area contributed by atoms with E-state index >= 15 is 0 Å². The van der Waals surface area contributed by atoms with Crippen molar-refractivity contribution in [2.24, 2.45) is 0 Å². The number of piperazine rings is 1. The molecule has 2 atom stereocenters. The van der Waals surface area contributed by atoms with Gasteiger partial charge in [0.15, 0.2) is 0 Å². The van der Waals surface area contributed by atoms with E-state index < -0.39 is 5.60 Å². The summed E-state index contributed by atoms with van der Waals surface area (Å²) < 4.78 is 6.56. The van der Waals surface area contributed by atoms with Crippen LogP contribution in [0, 0.1) is 0 Å². The van der Waals surface area contributed by atoms with Crippen molar-refractivity contribution in [1.29, 1.82) is 0 Å². The van der Waals surface area contributed by atoms with E-state index in [1.165, 1.54) is 5.69 Å². The van der Waals surface area contributed by atoms with E-state index in [1.54, 1.807) is 0 Å². The summed E-state index contributed by atoms with van der Waals surface area (Å²) in [6.07, 6.45) is -0.222. The Labute approximate surface area is 141 Å². The molecular formula is C17H25BrN2O2. The van der Waals surface area contributed by atoms with Crippen molar-refractivity contribution in [2.75, 3.05) is 18.0 Å². The molecule has 0 aromatic heterocycles. The standard InChI is InChI=1S/C17H25BrN2O2/c1-12-10-19(16(21)22-17(3,4)5)11-13(2)20(12)15-8-6-7-14(18)9-15/h6-9,12-13H,10-11H2,1-5H3/t12-,13+. The van der Waals surface area contributed by atoms with Gasteiger partial charge in [-0.05, 0) is 52.8 Å². The summed E-state index contributed by atoms with van der Waals surface area (Å²) in [5.41, 5.74) is 0.726. The Kier molecular flexibility index (Phi) is 5.05. The minimum absolute atomic E-state index is 0.222. The van der Waals surface area contributed by atoms with Crippen molar-refractivity contribution < 1.29 is 9.53 Å². The van der Waals surface area contributed by atoms with Crippen LogP contribution in [0.15, 0.2) is 28.7 Å². The summed E-state index contributed by atoms with van der Waals surface area (Å²) in [5.74, 6) is 0. The minimum atomic E-state index is -0.453. The van der Waals surface area contributed by atoms with Gasteiger partial charge in [0.2, 0.25) is 0 Å². The van der Waals surface area contributed by atoms with E-state index in [4.69, 9.17) is 4.74 Å². The molecule has 1 aromatic carbocycles.